The van der Waals surface area contributed by atoms with Gasteiger partial charge >= 0.3 is 5.97 Å². The minimum Gasteiger partial charge on any atom is -0.459 e. The van der Waals surface area contributed by atoms with E-state index in [1.165, 1.54) is 0 Å². The topological polar surface area (TPSA) is 55.6 Å². The fourth-order valence-electron chi connectivity index (χ4n) is 1.68. The monoisotopic (exact) mass is 200 g/mol. The summed E-state index contributed by atoms with van der Waals surface area (Å²) in [5.74, 6) is -0.138. The van der Waals surface area contributed by atoms with E-state index in [-0.39, 0.29) is 12.0 Å². The number of carbonyl (C=O) groups is 1. The van der Waals surface area contributed by atoms with E-state index in [9.17, 15) is 4.79 Å². The number of hydrogen-bond donors (Lipinski definition) is 1. The third kappa shape index (κ3) is 2.96. The molecule has 4 heteroatoms. The zero-order valence-corrected chi connectivity index (χ0v) is 9.25. The first-order valence-electron chi connectivity index (χ1n) is 5.11. The van der Waals surface area contributed by atoms with Crippen LogP contribution in [0, 0.1) is 0 Å². The van der Waals surface area contributed by atoms with Gasteiger partial charge < -0.3 is 10.5 Å². The Kier molecular flexibility index (Phi) is 3.50. The van der Waals surface area contributed by atoms with Gasteiger partial charge in [-0.25, -0.2) is 0 Å². The van der Waals surface area contributed by atoms with Crippen molar-refractivity contribution >= 4 is 5.97 Å². The maximum atomic E-state index is 11.7. The SMILES string of the molecule is CC(C)(C)OC(=O)C1CCCN1CN. The van der Waals surface area contributed by atoms with Crippen molar-refractivity contribution in [1.29, 1.82) is 0 Å². The Hall–Kier alpha value is -0.610. The lowest BCUT2D eigenvalue weighted by atomic mass is 10.1. The largest absolute Gasteiger partial charge is 0.459 e. The van der Waals surface area contributed by atoms with Gasteiger partial charge in [0.15, 0.2) is 0 Å². The van der Waals surface area contributed by atoms with Gasteiger partial charge in [0, 0.05) is 13.2 Å². The second kappa shape index (κ2) is 4.28. The Morgan fingerprint density at radius 3 is 2.71 bits per heavy atom. The van der Waals surface area contributed by atoms with Gasteiger partial charge in [0.2, 0.25) is 0 Å². The predicted molar refractivity (Wildman–Crippen MR) is 54.6 cm³/mol. The number of rotatable bonds is 2. The molecule has 0 spiro atoms. The van der Waals surface area contributed by atoms with Crippen LogP contribution in [-0.2, 0) is 9.53 Å². The Morgan fingerprint density at radius 1 is 1.57 bits per heavy atom. The summed E-state index contributed by atoms with van der Waals surface area (Å²) >= 11 is 0. The molecule has 0 aromatic rings. The minimum atomic E-state index is -0.403. The van der Waals surface area contributed by atoms with Crippen LogP contribution < -0.4 is 5.73 Å². The van der Waals surface area contributed by atoms with Crippen LogP contribution in [0.1, 0.15) is 33.6 Å². The van der Waals surface area contributed by atoms with Crippen LogP contribution in [0.4, 0.5) is 0 Å². The molecule has 0 saturated carbocycles. The van der Waals surface area contributed by atoms with Crippen molar-refractivity contribution in [2.24, 2.45) is 5.73 Å². The van der Waals surface area contributed by atoms with E-state index in [1.54, 1.807) is 0 Å². The summed E-state index contributed by atoms with van der Waals surface area (Å²) in [6.45, 7) is 6.98. The second-order valence-corrected chi connectivity index (χ2v) is 4.69. The van der Waals surface area contributed by atoms with Crippen molar-refractivity contribution in [2.45, 2.75) is 45.3 Å². The Labute approximate surface area is 85.4 Å². The van der Waals surface area contributed by atoms with Crippen molar-refractivity contribution in [2.75, 3.05) is 13.2 Å². The highest BCUT2D eigenvalue weighted by Crippen LogP contribution is 2.19. The molecular formula is C10H20N2O2. The van der Waals surface area contributed by atoms with Gasteiger partial charge in [-0.1, -0.05) is 0 Å². The summed E-state index contributed by atoms with van der Waals surface area (Å²) in [6.07, 6.45) is 1.90. The van der Waals surface area contributed by atoms with E-state index >= 15 is 0 Å². The summed E-state index contributed by atoms with van der Waals surface area (Å²) in [5, 5.41) is 0. The molecule has 0 aliphatic carbocycles. The number of likely N-dealkylation sites (tertiary alicyclic amines) is 1. The molecule has 1 aliphatic heterocycles. The fourth-order valence-corrected chi connectivity index (χ4v) is 1.68. The standard InChI is InChI=1S/C10H20N2O2/c1-10(2,3)14-9(13)8-5-4-6-12(8)7-11/h8H,4-7,11H2,1-3H3. The van der Waals surface area contributed by atoms with E-state index in [2.05, 4.69) is 0 Å². The van der Waals surface area contributed by atoms with E-state index < -0.39 is 5.60 Å². The highest BCUT2D eigenvalue weighted by atomic mass is 16.6. The quantitative estimate of drug-likeness (QED) is 0.667. The molecule has 1 saturated heterocycles. The number of esters is 1. The lowest BCUT2D eigenvalue weighted by molar-refractivity contribution is -0.160. The molecule has 2 N–H and O–H groups in total. The zero-order valence-electron chi connectivity index (χ0n) is 9.25. The van der Waals surface area contributed by atoms with Gasteiger partial charge in [-0.15, -0.1) is 0 Å². The van der Waals surface area contributed by atoms with Crippen molar-refractivity contribution in [3.63, 3.8) is 0 Å². The van der Waals surface area contributed by atoms with E-state index in [4.69, 9.17) is 10.5 Å². The van der Waals surface area contributed by atoms with Gasteiger partial charge in [-0.2, -0.15) is 0 Å². The van der Waals surface area contributed by atoms with Gasteiger partial charge in [0.1, 0.15) is 11.6 Å². The fraction of sp³-hybridized carbons (Fsp3) is 0.900. The lowest BCUT2D eigenvalue weighted by Crippen LogP contribution is -2.42. The van der Waals surface area contributed by atoms with Gasteiger partial charge in [-0.05, 0) is 33.6 Å². The highest BCUT2D eigenvalue weighted by molar-refractivity contribution is 5.76. The second-order valence-electron chi connectivity index (χ2n) is 4.69. The Bertz CT molecular complexity index is 211. The molecule has 1 heterocycles. The molecule has 82 valence electrons. The van der Waals surface area contributed by atoms with Crippen molar-refractivity contribution in [3.8, 4) is 0 Å². The minimum absolute atomic E-state index is 0.126. The molecule has 1 aliphatic rings. The van der Waals surface area contributed by atoms with Crippen molar-refractivity contribution in [3.05, 3.63) is 0 Å². The maximum absolute atomic E-state index is 11.7. The Balaban J connectivity index is 2.52. The van der Waals surface area contributed by atoms with Crippen LogP contribution >= 0.6 is 0 Å². The summed E-state index contributed by atoms with van der Waals surface area (Å²) in [4.78, 5) is 13.7. The summed E-state index contributed by atoms with van der Waals surface area (Å²) in [5.41, 5.74) is 5.14. The molecule has 1 rings (SSSR count). The number of carbonyl (C=O) groups excluding carboxylic acids is 1. The third-order valence-electron chi connectivity index (χ3n) is 2.28. The molecule has 1 atom stereocenters. The van der Waals surface area contributed by atoms with Crippen LogP contribution in [0.2, 0.25) is 0 Å². The molecule has 4 nitrogen and oxygen atoms in total. The zero-order chi connectivity index (χ0) is 10.8. The number of ether oxygens (including phenoxy) is 1. The average Bonchev–Trinajstić information content (AvgIpc) is 2.47. The molecule has 0 aromatic carbocycles. The van der Waals surface area contributed by atoms with Crippen LogP contribution in [0.15, 0.2) is 0 Å². The molecule has 1 unspecified atom stereocenters. The maximum Gasteiger partial charge on any atom is 0.323 e. The van der Waals surface area contributed by atoms with E-state index in [0.717, 1.165) is 19.4 Å². The van der Waals surface area contributed by atoms with E-state index in [1.807, 2.05) is 25.7 Å². The first-order valence-corrected chi connectivity index (χ1v) is 5.11. The van der Waals surface area contributed by atoms with Crippen LogP contribution in [0.25, 0.3) is 0 Å². The van der Waals surface area contributed by atoms with Crippen LogP contribution in [-0.4, -0.2) is 35.7 Å². The van der Waals surface area contributed by atoms with Crippen molar-refractivity contribution < 1.29 is 9.53 Å². The smallest absolute Gasteiger partial charge is 0.323 e. The number of nitrogens with two attached hydrogens (primary N) is 1. The van der Waals surface area contributed by atoms with Gasteiger partial charge in [0.05, 0.1) is 0 Å². The molecule has 0 aromatic heterocycles. The summed E-state index contributed by atoms with van der Waals surface area (Å²) in [7, 11) is 0. The number of hydrogen-bond acceptors (Lipinski definition) is 4. The predicted octanol–water partition coefficient (Wildman–Crippen LogP) is 0.709. The molecule has 0 amide bonds. The summed E-state index contributed by atoms with van der Waals surface area (Å²) in [6, 6.07) is -0.126. The highest BCUT2D eigenvalue weighted by Gasteiger charge is 2.33. The normalized spacial score (nSPS) is 23.9. The Morgan fingerprint density at radius 2 is 2.21 bits per heavy atom. The molecule has 14 heavy (non-hydrogen) atoms. The number of nitrogens with zero attached hydrogens (tertiary/aromatic N) is 1. The van der Waals surface area contributed by atoms with Gasteiger partial charge in [-0.3, -0.25) is 9.69 Å². The lowest BCUT2D eigenvalue weighted by Gasteiger charge is -2.26. The molecular weight excluding hydrogens is 180 g/mol. The third-order valence-corrected chi connectivity index (χ3v) is 2.28. The first-order chi connectivity index (χ1) is 6.44. The van der Waals surface area contributed by atoms with Crippen molar-refractivity contribution in [1.82, 2.24) is 4.90 Å². The van der Waals surface area contributed by atoms with Crippen LogP contribution in [0.5, 0.6) is 0 Å². The van der Waals surface area contributed by atoms with Gasteiger partial charge in [0.25, 0.3) is 0 Å². The average molecular weight is 200 g/mol. The first kappa shape index (κ1) is 11.5. The molecule has 0 bridgehead atoms. The van der Waals surface area contributed by atoms with Crippen LogP contribution in [0.3, 0.4) is 0 Å². The molecule has 0 radical (unpaired) electrons. The molecule has 1 fully saturated rings. The summed E-state index contributed by atoms with van der Waals surface area (Å²) < 4.78 is 5.32. The van der Waals surface area contributed by atoms with E-state index in [0.29, 0.717) is 6.67 Å².